The number of hydrogen-bond donors (Lipinski definition) is 9. The lowest BCUT2D eigenvalue weighted by Crippen LogP contribution is -2.64. The number of hydrogen-bond acceptors (Lipinski definition) is 16. The molecule has 5 rings (SSSR count). The van der Waals surface area contributed by atoms with Crippen LogP contribution in [0.5, 0.6) is 28.7 Å². The molecule has 16 heteroatoms. The molecule has 16 nitrogen and oxygen atoms in total. The first-order valence-electron chi connectivity index (χ1n) is 13.4. The molecule has 2 aliphatic rings. The van der Waals surface area contributed by atoms with E-state index in [0.29, 0.717) is 0 Å². The molecule has 44 heavy (non-hydrogen) atoms. The molecule has 0 amide bonds. The highest BCUT2D eigenvalue weighted by Gasteiger charge is 2.51. The van der Waals surface area contributed by atoms with Crippen LogP contribution >= 0.6 is 0 Å². The standard InChI is InChI=1S/C28H32O16/c1-9-18(33)21(36)23(38)27(40-9)44-26-22(37)19(34)16(8-29)42-28(26)43-25-20(35)17-13(32)6-11(30)7-15(17)41-24(25)10-3-4-12(31)14(5-10)39-2/h3-7,9,16,18-19,21-23,26-34,36-38H,8H2,1-2H3/t9-,16+,18-,19-,21+,22-,23+,26+,27+,28-/m0/s1. The zero-order valence-electron chi connectivity index (χ0n) is 23.3. The van der Waals surface area contributed by atoms with Crippen LogP contribution in [0.4, 0.5) is 0 Å². The summed E-state index contributed by atoms with van der Waals surface area (Å²) in [6, 6.07) is 5.81. The van der Waals surface area contributed by atoms with E-state index in [0.717, 1.165) is 12.1 Å². The Hall–Kier alpha value is -3.71. The average molecular weight is 625 g/mol. The van der Waals surface area contributed by atoms with Crippen LogP contribution in [0.3, 0.4) is 0 Å². The lowest BCUT2D eigenvalue weighted by Gasteiger charge is -2.45. The first-order chi connectivity index (χ1) is 20.9. The van der Waals surface area contributed by atoms with Crippen LogP contribution in [-0.4, -0.2) is 121 Å². The minimum absolute atomic E-state index is 0.0257. The molecule has 1 aromatic heterocycles. The zero-order chi connectivity index (χ0) is 32.0. The van der Waals surface area contributed by atoms with Crippen molar-refractivity contribution in [3.05, 3.63) is 40.6 Å². The van der Waals surface area contributed by atoms with E-state index in [1.807, 2.05) is 0 Å². The van der Waals surface area contributed by atoms with Gasteiger partial charge in [0.15, 0.2) is 29.7 Å². The summed E-state index contributed by atoms with van der Waals surface area (Å²) in [5.74, 6) is -2.34. The number of fused-ring (bicyclic) bond motifs is 1. The van der Waals surface area contributed by atoms with E-state index >= 15 is 0 Å². The second kappa shape index (κ2) is 12.4. The Bertz CT molecular complexity index is 1560. The number of aliphatic hydroxyl groups is 6. The van der Waals surface area contributed by atoms with Crippen molar-refractivity contribution in [2.45, 2.75) is 68.3 Å². The molecule has 3 aromatic rings. The molecule has 240 valence electrons. The predicted octanol–water partition coefficient (Wildman–Crippen LogP) is -1.38. The molecule has 2 fully saturated rings. The van der Waals surface area contributed by atoms with Gasteiger partial charge in [0, 0.05) is 17.7 Å². The van der Waals surface area contributed by atoms with Crippen LogP contribution in [0.15, 0.2) is 39.5 Å². The molecule has 10 atom stereocenters. The van der Waals surface area contributed by atoms with Crippen LogP contribution in [-0.2, 0) is 14.2 Å². The van der Waals surface area contributed by atoms with Gasteiger partial charge in [-0.3, -0.25) is 4.79 Å². The molecule has 3 heterocycles. The van der Waals surface area contributed by atoms with Gasteiger partial charge in [-0.1, -0.05) is 0 Å². The third-order valence-corrected chi connectivity index (χ3v) is 7.52. The minimum Gasteiger partial charge on any atom is -0.508 e. The normalized spacial score (nSPS) is 32.5. The molecular weight excluding hydrogens is 592 g/mol. The van der Waals surface area contributed by atoms with Gasteiger partial charge in [0.05, 0.1) is 19.8 Å². The van der Waals surface area contributed by atoms with Gasteiger partial charge in [0.1, 0.15) is 59.1 Å². The molecule has 2 aromatic carbocycles. The van der Waals surface area contributed by atoms with E-state index in [4.69, 9.17) is 28.1 Å². The van der Waals surface area contributed by atoms with Crippen LogP contribution in [0.25, 0.3) is 22.3 Å². The highest BCUT2D eigenvalue weighted by molar-refractivity contribution is 5.88. The number of phenolic OH excluding ortho intramolecular Hbond substituents is 3. The smallest absolute Gasteiger partial charge is 0.239 e. The zero-order valence-corrected chi connectivity index (χ0v) is 23.3. The Balaban J connectivity index is 1.63. The second-order valence-electron chi connectivity index (χ2n) is 10.4. The van der Waals surface area contributed by atoms with E-state index in [-0.39, 0.29) is 28.4 Å². The van der Waals surface area contributed by atoms with Crippen LogP contribution in [0, 0.1) is 0 Å². The third kappa shape index (κ3) is 5.63. The summed E-state index contributed by atoms with van der Waals surface area (Å²) < 4.78 is 33.8. The second-order valence-corrected chi connectivity index (χ2v) is 10.4. The Morgan fingerprint density at radius 2 is 1.57 bits per heavy atom. The summed E-state index contributed by atoms with van der Waals surface area (Å²) in [6.07, 6.45) is -16.5. The highest BCUT2D eigenvalue weighted by Crippen LogP contribution is 2.40. The number of benzene rings is 2. The lowest BCUT2D eigenvalue weighted by atomic mass is 9.97. The van der Waals surface area contributed by atoms with Crippen LogP contribution < -0.4 is 14.9 Å². The summed E-state index contributed by atoms with van der Waals surface area (Å²) in [5, 5.41) is 92.3. The fourth-order valence-corrected chi connectivity index (χ4v) is 5.08. The topological polar surface area (TPSA) is 258 Å². The lowest BCUT2D eigenvalue weighted by molar-refractivity contribution is -0.354. The van der Waals surface area contributed by atoms with E-state index < -0.39 is 96.1 Å². The van der Waals surface area contributed by atoms with Crippen molar-refractivity contribution < 1.29 is 74.1 Å². The summed E-state index contributed by atoms with van der Waals surface area (Å²) in [7, 11) is 1.28. The SMILES string of the molecule is COc1cc(-c2oc3cc(O)cc(O)c3c(=O)c2O[C@@H]2O[C@H](CO)[C@H](O)[C@H](O)[C@H]2O[C@H]2O[C@@H](C)[C@H](O)[C@@H](O)[C@H]2O)ccc1O. The van der Waals surface area contributed by atoms with E-state index in [1.54, 1.807) is 0 Å². The maximum absolute atomic E-state index is 13.8. The molecule has 9 N–H and O–H groups in total. The molecule has 0 saturated carbocycles. The van der Waals surface area contributed by atoms with Crippen LogP contribution in [0.1, 0.15) is 6.92 Å². The molecule has 0 unspecified atom stereocenters. The number of phenols is 3. The highest BCUT2D eigenvalue weighted by atomic mass is 16.8. The van der Waals surface area contributed by atoms with Gasteiger partial charge in [-0.25, -0.2) is 0 Å². The van der Waals surface area contributed by atoms with Gasteiger partial charge < -0.3 is 74.1 Å². The number of rotatable bonds is 7. The van der Waals surface area contributed by atoms with Crippen LogP contribution in [0.2, 0.25) is 0 Å². The molecule has 2 saturated heterocycles. The fraction of sp³-hybridized carbons (Fsp3) is 0.464. The first kappa shape index (κ1) is 31.7. The Labute approximate surface area is 248 Å². The Morgan fingerprint density at radius 1 is 0.841 bits per heavy atom. The average Bonchev–Trinajstić information content (AvgIpc) is 2.99. The number of methoxy groups -OCH3 is 1. The largest absolute Gasteiger partial charge is 0.508 e. The summed E-state index contributed by atoms with van der Waals surface area (Å²) >= 11 is 0. The van der Waals surface area contributed by atoms with Gasteiger partial charge in [0.25, 0.3) is 0 Å². The molecule has 0 aliphatic carbocycles. The molecule has 0 spiro atoms. The minimum atomic E-state index is -1.89. The van der Waals surface area contributed by atoms with Crippen molar-refractivity contribution in [2.75, 3.05) is 13.7 Å². The monoisotopic (exact) mass is 624 g/mol. The van der Waals surface area contributed by atoms with Crippen molar-refractivity contribution in [3.63, 3.8) is 0 Å². The van der Waals surface area contributed by atoms with E-state index in [9.17, 15) is 50.8 Å². The van der Waals surface area contributed by atoms with Crippen molar-refractivity contribution >= 4 is 11.0 Å². The maximum atomic E-state index is 13.8. The van der Waals surface area contributed by atoms with Gasteiger partial charge in [-0.2, -0.15) is 0 Å². The fourth-order valence-electron chi connectivity index (χ4n) is 5.08. The molecule has 0 radical (unpaired) electrons. The van der Waals surface area contributed by atoms with Crippen molar-refractivity contribution in [1.82, 2.24) is 0 Å². The summed E-state index contributed by atoms with van der Waals surface area (Å²) in [5.41, 5.74) is -1.15. The van der Waals surface area contributed by atoms with Gasteiger partial charge in [-0.05, 0) is 25.1 Å². The van der Waals surface area contributed by atoms with Gasteiger partial charge in [-0.15, -0.1) is 0 Å². The predicted molar refractivity (Wildman–Crippen MR) is 145 cm³/mol. The van der Waals surface area contributed by atoms with Crippen molar-refractivity contribution in [2.24, 2.45) is 0 Å². The van der Waals surface area contributed by atoms with Gasteiger partial charge >= 0.3 is 0 Å². The Kier molecular flexibility index (Phi) is 8.90. The number of aliphatic hydroxyl groups excluding tert-OH is 6. The molecular formula is C28H32O16. The van der Waals surface area contributed by atoms with Crippen molar-refractivity contribution in [3.8, 4) is 40.1 Å². The molecule has 0 bridgehead atoms. The Morgan fingerprint density at radius 3 is 2.25 bits per heavy atom. The van der Waals surface area contributed by atoms with Crippen molar-refractivity contribution in [1.29, 1.82) is 0 Å². The number of ether oxygens (including phenoxy) is 5. The first-order valence-corrected chi connectivity index (χ1v) is 13.4. The quantitative estimate of drug-likeness (QED) is 0.147. The van der Waals surface area contributed by atoms with E-state index in [1.165, 1.54) is 32.2 Å². The third-order valence-electron chi connectivity index (χ3n) is 7.52. The summed E-state index contributed by atoms with van der Waals surface area (Å²) in [6.45, 7) is 0.570. The summed E-state index contributed by atoms with van der Waals surface area (Å²) in [4.78, 5) is 13.8. The maximum Gasteiger partial charge on any atom is 0.239 e. The number of aromatic hydroxyl groups is 3. The molecule has 2 aliphatic heterocycles. The van der Waals surface area contributed by atoms with E-state index in [2.05, 4.69) is 0 Å². The van der Waals surface area contributed by atoms with Gasteiger partial charge in [0.2, 0.25) is 17.5 Å².